The highest BCUT2D eigenvalue weighted by Gasteiger charge is 2.40. The first-order valence-electron chi connectivity index (χ1n) is 10.4. The van der Waals surface area contributed by atoms with Gasteiger partial charge < -0.3 is 24.6 Å². The number of aromatic nitrogens is 1. The molecule has 0 spiro atoms. The van der Waals surface area contributed by atoms with Crippen LogP contribution in [0.3, 0.4) is 0 Å². The third kappa shape index (κ3) is 4.11. The van der Waals surface area contributed by atoms with Crippen molar-refractivity contribution in [2.45, 2.75) is 25.7 Å². The maximum Gasteiger partial charge on any atom is 0.275 e. The number of fused-ring (bicyclic) bond motifs is 2. The maximum absolute atomic E-state index is 13.1. The molecule has 3 heterocycles. The van der Waals surface area contributed by atoms with Crippen molar-refractivity contribution in [3.8, 4) is 5.75 Å². The fraction of sp³-hybridized carbons (Fsp3) is 0.409. The quantitative estimate of drug-likeness (QED) is 0.682. The molecular weight excluding hydrogens is 419 g/mol. The molecule has 2 N–H and O–H groups in total. The van der Waals surface area contributed by atoms with E-state index >= 15 is 0 Å². The van der Waals surface area contributed by atoms with Crippen molar-refractivity contribution >= 4 is 11.8 Å². The second-order valence-electron chi connectivity index (χ2n) is 7.89. The van der Waals surface area contributed by atoms with Crippen LogP contribution in [0.1, 0.15) is 32.8 Å². The summed E-state index contributed by atoms with van der Waals surface area (Å²) in [6.07, 6.45) is 1.85. The number of hydrogen-bond acceptors (Lipinski definition) is 6. The molecule has 1 aromatic carbocycles. The lowest BCUT2D eigenvalue weighted by Crippen LogP contribution is -2.61. The normalized spacial score (nSPS) is 18.2. The van der Waals surface area contributed by atoms with E-state index in [1.165, 1.54) is 35.0 Å². The molecule has 0 aliphatic carbocycles. The Labute approximate surface area is 184 Å². The molecule has 2 aromatic rings. The molecule has 0 bridgehead atoms. The molecule has 1 fully saturated rings. The van der Waals surface area contributed by atoms with Gasteiger partial charge in [0.1, 0.15) is 17.5 Å². The van der Waals surface area contributed by atoms with Crippen molar-refractivity contribution in [1.82, 2.24) is 19.7 Å². The SMILES string of the molecule is COCCN1CCCN2C(=O)c3c(O)c(=O)c(C(=O)NCc4ccc(F)cc4)cn3CC12. The molecule has 1 aromatic heterocycles. The Balaban J connectivity index is 1.60. The van der Waals surface area contributed by atoms with Gasteiger partial charge in [-0.15, -0.1) is 0 Å². The van der Waals surface area contributed by atoms with Crippen LogP contribution >= 0.6 is 0 Å². The molecule has 2 aliphatic heterocycles. The molecule has 2 amide bonds. The number of pyridine rings is 1. The van der Waals surface area contributed by atoms with E-state index in [0.29, 0.717) is 31.8 Å². The first-order chi connectivity index (χ1) is 15.4. The van der Waals surface area contributed by atoms with Crippen molar-refractivity contribution < 1.29 is 23.8 Å². The Kier molecular flexibility index (Phi) is 6.24. The van der Waals surface area contributed by atoms with Gasteiger partial charge in [0, 0.05) is 39.5 Å². The summed E-state index contributed by atoms with van der Waals surface area (Å²) in [7, 11) is 1.61. The van der Waals surface area contributed by atoms with Crippen LogP contribution in [0.15, 0.2) is 35.3 Å². The number of nitrogens with one attached hydrogen (secondary N) is 1. The highest BCUT2D eigenvalue weighted by Crippen LogP contribution is 2.27. The van der Waals surface area contributed by atoms with Crippen LogP contribution in [0.2, 0.25) is 0 Å². The summed E-state index contributed by atoms with van der Waals surface area (Å²) in [5.41, 5.74) is -0.597. The largest absolute Gasteiger partial charge is 0.503 e. The third-order valence-corrected chi connectivity index (χ3v) is 5.90. The highest BCUT2D eigenvalue weighted by atomic mass is 19.1. The van der Waals surface area contributed by atoms with Gasteiger partial charge in [-0.1, -0.05) is 12.1 Å². The molecule has 1 unspecified atom stereocenters. The van der Waals surface area contributed by atoms with Gasteiger partial charge in [-0.05, 0) is 24.1 Å². The molecule has 1 atom stereocenters. The minimum atomic E-state index is -0.895. The highest BCUT2D eigenvalue weighted by molar-refractivity contribution is 5.99. The summed E-state index contributed by atoms with van der Waals surface area (Å²) >= 11 is 0. The van der Waals surface area contributed by atoms with Crippen molar-refractivity contribution in [2.24, 2.45) is 0 Å². The van der Waals surface area contributed by atoms with Crippen molar-refractivity contribution in [1.29, 1.82) is 0 Å². The lowest BCUT2D eigenvalue weighted by atomic mass is 10.1. The summed E-state index contributed by atoms with van der Waals surface area (Å²) in [6.45, 7) is 2.87. The summed E-state index contributed by atoms with van der Waals surface area (Å²) in [5, 5.41) is 13.1. The van der Waals surface area contributed by atoms with E-state index in [9.17, 15) is 23.9 Å². The number of halogens is 1. The van der Waals surface area contributed by atoms with Crippen molar-refractivity contribution in [2.75, 3.05) is 33.4 Å². The molecular formula is C22H25FN4O5. The van der Waals surface area contributed by atoms with Gasteiger partial charge in [0.2, 0.25) is 5.43 Å². The van der Waals surface area contributed by atoms with Crippen molar-refractivity contribution in [3.63, 3.8) is 0 Å². The number of carbonyl (C=O) groups excluding carboxylic acids is 2. The molecule has 0 radical (unpaired) electrons. The number of rotatable bonds is 6. The minimum Gasteiger partial charge on any atom is -0.503 e. The lowest BCUT2D eigenvalue weighted by molar-refractivity contribution is -0.0186. The zero-order chi connectivity index (χ0) is 22.8. The number of aromatic hydroxyl groups is 1. The maximum atomic E-state index is 13.1. The second kappa shape index (κ2) is 9.09. The summed E-state index contributed by atoms with van der Waals surface area (Å²) in [4.78, 5) is 42.2. The summed E-state index contributed by atoms with van der Waals surface area (Å²) < 4.78 is 19.7. The monoisotopic (exact) mass is 444 g/mol. The zero-order valence-electron chi connectivity index (χ0n) is 17.7. The Hall–Kier alpha value is -3.24. The van der Waals surface area contributed by atoms with E-state index in [1.807, 2.05) is 0 Å². The van der Waals surface area contributed by atoms with Crippen LogP contribution in [-0.2, 0) is 17.8 Å². The average Bonchev–Trinajstić information content (AvgIpc) is 2.79. The molecule has 1 saturated heterocycles. The van der Waals surface area contributed by atoms with E-state index < -0.39 is 23.0 Å². The van der Waals surface area contributed by atoms with Crippen molar-refractivity contribution in [3.05, 3.63) is 63.3 Å². The third-order valence-electron chi connectivity index (χ3n) is 5.90. The fourth-order valence-corrected chi connectivity index (χ4v) is 4.23. The minimum absolute atomic E-state index is 0.0845. The van der Waals surface area contributed by atoms with Crippen LogP contribution in [0.25, 0.3) is 0 Å². The van der Waals surface area contributed by atoms with E-state index in [1.54, 1.807) is 12.0 Å². The molecule has 170 valence electrons. The summed E-state index contributed by atoms with van der Waals surface area (Å²) in [5.74, 6) is -2.23. The fourth-order valence-electron chi connectivity index (χ4n) is 4.23. The Morgan fingerprint density at radius 1 is 1.25 bits per heavy atom. The number of ether oxygens (including phenoxy) is 1. The van der Waals surface area contributed by atoms with Crippen LogP contribution in [0, 0.1) is 5.82 Å². The number of carbonyl (C=O) groups is 2. The number of amides is 2. The topological polar surface area (TPSA) is 104 Å². The Morgan fingerprint density at radius 2 is 2.00 bits per heavy atom. The number of nitrogens with zero attached hydrogens (tertiary/aromatic N) is 3. The molecule has 10 heteroatoms. The van der Waals surface area contributed by atoms with Gasteiger partial charge in [-0.25, -0.2) is 4.39 Å². The van der Waals surface area contributed by atoms with Gasteiger partial charge in [0.25, 0.3) is 11.8 Å². The van der Waals surface area contributed by atoms with Crippen LogP contribution < -0.4 is 10.7 Å². The lowest BCUT2D eigenvalue weighted by Gasteiger charge is -2.47. The van der Waals surface area contributed by atoms with E-state index in [2.05, 4.69) is 10.2 Å². The van der Waals surface area contributed by atoms with Gasteiger partial charge in [-0.2, -0.15) is 0 Å². The van der Waals surface area contributed by atoms with Gasteiger partial charge in [0.05, 0.1) is 13.2 Å². The van der Waals surface area contributed by atoms with Crippen LogP contribution in [-0.4, -0.2) is 70.8 Å². The first kappa shape index (κ1) is 22.0. The standard InChI is InChI=1S/C22H25FN4O5/c1-32-10-9-25-7-2-8-27-17(25)13-26-12-16(19(28)20(29)18(26)22(27)31)21(30)24-11-14-3-5-15(23)6-4-14/h3-6,12,17,29H,2,7-11,13H2,1H3,(H,24,30). The first-order valence-corrected chi connectivity index (χ1v) is 10.4. The van der Waals surface area contributed by atoms with E-state index in [-0.39, 0.29) is 29.8 Å². The number of methoxy groups -OCH3 is 1. The van der Waals surface area contributed by atoms with Gasteiger partial charge >= 0.3 is 0 Å². The summed E-state index contributed by atoms with van der Waals surface area (Å²) in [6, 6.07) is 5.60. The smallest absolute Gasteiger partial charge is 0.275 e. The molecule has 0 saturated carbocycles. The van der Waals surface area contributed by atoms with Crippen LogP contribution in [0.4, 0.5) is 4.39 Å². The average molecular weight is 444 g/mol. The van der Waals surface area contributed by atoms with Gasteiger partial charge in [-0.3, -0.25) is 19.3 Å². The zero-order valence-corrected chi connectivity index (χ0v) is 17.7. The Bertz CT molecular complexity index is 1080. The predicted molar refractivity (Wildman–Crippen MR) is 113 cm³/mol. The Morgan fingerprint density at radius 3 is 2.72 bits per heavy atom. The predicted octanol–water partition coefficient (Wildman–Crippen LogP) is 0.757. The molecule has 4 rings (SSSR count). The van der Waals surface area contributed by atoms with E-state index in [0.717, 1.165) is 13.0 Å². The second-order valence-corrected chi connectivity index (χ2v) is 7.89. The molecule has 32 heavy (non-hydrogen) atoms. The molecule has 2 aliphatic rings. The number of benzene rings is 1. The van der Waals surface area contributed by atoms with E-state index in [4.69, 9.17) is 4.74 Å². The van der Waals surface area contributed by atoms with Gasteiger partial charge in [0.15, 0.2) is 11.4 Å². The number of hydrogen-bond donors (Lipinski definition) is 2. The van der Waals surface area contributed by atoms with Crippen LogP contribution in [0.5, 0.6) is 5.75 Å². The molecule has 9 nitrogen and oxygen atoms in total.